The molecule has 0 bridgehead atoms. The van der Waals surface area contributed by atoms with Gasteiger partial charge in [-0.2, -0.15) is 0 Å². The number of amides is 2. The minimum Gasteiger partial charge on any atom is -0.301 e. The van der Waals surface area contributed by atoms with Crippen LogP contribution < -0.4 is 5.48 Å². The van der Waals surface area contributed by atoms with E-state index >= 15 is 0 Å². The maximum atomic E-state index is 12.1. The molecular formula is C13H14ClN3O3. The largest absolute Gasteiger partial charge is 0.301 e. The predicted molar refractivity (Wildman–Crippen MR) is 74.5 cm³/mol. The van der Waals surface area contributed by atoms with Gasteiger partial charge in [-0.15, -0.1) is 11.6 Å². The molecule has 2 aliphatic rings. The second-order valence-corrected chi connectivity index (χ2v) is 4.71. The maximum Gasteiger partial charge on any atom is 0.267 e. The van der Waals surface area contributed by atoms with E-state index in [2.05, 4.69) is 4.99 Å². The van der Waals surface area contributed by atoms with E-state index in [1.54, 1.807) is 24.3 Å². The van der Waals surface area contributed by atoms with Gasteiger partial charge in [0.15, 0.2) is 0 Å². The van der Waals surface area contributed by atoms with Crippen molar-refractivity contribution in [1.82, 2.24) is 10.4 Å². The Bertz CT molecular complexity index is 525. The average Bonchev–Trinajstić information content (AvgIpc) is 2.47. The molecule has 6 nitrogen and oxygen atoms in total. The van der Waals surface area contributed by atoms with E-state index in [-0.39, 0.29) is 17.9 Å². The van der Waals surface area contributed by atoms with E-state index in [0.717, 1.165) is 5.57 Å². The van der Waals surface area contributed by atoms with E-state index in [0.29, 0.717) is 12.4 Å². The molecule has 0 saturated carbocycles. The van der Waals surface area contributed by atoms with Gasteiger partial charge in [-0.05, 0) is 11.6 Å². The number of aliphatic imine (C=N–C) groups is 1. The number of halogens is 1. The number of nitrogens with zero attached hydrogens (tertiary/aromatic N) is 2. The highest BCUT2D eigenvalue weighted by Gasteiger charge is 2.32. The highest BCUT2D eigenvalue weighted by molar-refractivity contribution is 6.18. The first-order chi connectivity index (χ1) is 9.65. The number of carbonyl (C=O) groups is 2. The summed E-state index contributed by atoms with van der Waals surface area (Å²) in [5, 5.41) is 8.39. The lowest BCUT2D eigenvalue weighted by Gasteiger charge is -2.30. The third-order valence-electron chi connectivity index (χ3n) is 3.04. The second-order valence-electron chi connectivity index (χ2n) is 4.34. The van der Waals surface area contributed by atoms with Crippen LogP contribution in [0.25, 0.3) is 0 Å². The highest BCUT2D eigenvalue weighted by Crippen LogP contribution is 2.25. The lowest BCUT2D eigenvalue weighted by molar-refractivity contribution is -0.130. The summed E-state index contributed by atoms with van der Waals surface area (Å²) in [4.78, 5) is 28.9. The average molecular weight is 296 g/mol. The van der Waals surface area contributed by atoms with Crippen molar-refractivity contribution in [2.45, 2.75) is 6.04 Å². The number of nitrogens with one attached hydrogen (secondary N) is 1. The summed E-state index contributed by atoms with van der Waals surface area (Å²) in [6.07, 6.45) is 9.57. The number of carbonyl (C=O) groups excluding carboxylic acids is 2. The molecular weight excluding hydrogens is 282 g/mol. The molecule has 0 radical (unpaired) electrons. The van der Waals surface area contributed by atoms with E-state index in [1.165, 1.54) is 22.8 Å². The zero-order valence-corrected chi connectivity index (χ0v) is 11.3. The van der Waals surface area contributed by atoms with Crippen molar-refractivity contribution in [2.75, 3.05) is 12.4 Å². The van der Waals surface area contributed by atoms with E-state index in [1.807, 2.05) is 0 Å². The van der Waals surface area contributed by atoms with E-state index in [4.69, 9.17) is 16.8 Å². The Labute approximate surface area is 121 Å². The normalized spacial score (nSPS) is 24.8. The van der Waals surface area contributed by atoms with E-state index < -0.39 is 5.91 Å². The molecule has 2 N–H and O–H groups in total. The SMILES string of the molecule is O=C(/C=C/C1=CC2N=CN(CCCl)C(=O)C2C=C1)NO. The van der Waals surface area contributed by atoms with Crippen molar-refractivity contribution < 1.29 is 14.8 Å². The zero-order valence-electron chi connectivity index (χ0n) is 10.6. The van der Waals surface area contributed by atoms with Crippen LogP contribution in [0.4, 0.5) is 0 Å². The van der Waals surface area contributed by atoms with Gasteiger partial charge in [-0.25, -0.2) is 5.48 Å². The number of allylic oxidation sites excluding steroid dienone is 3. The summed E-state index contributed by atoms with van der Waals surface area (Å²) in [6.45, 7) is 0.439. The monoisotopic (exact) mass is 295 g/mol. The Morgan fingerprint density at radius 1 is 1.60 bits per heavy atom. The lowest BCUT2D eigenvalue weighted by atomic mass is 9.90. The maximum absolute atomic E-state index is 12.1. The summed E-state index contributed by atoms with van der Waals surface area (Å²) in [5.41, 5.74) is 2.26. The van der Waals surface area contributed by atoms with Crippen LogP contribution in [0.5, 0.6) is 0 Å². The van der Waals surface area contributed by atoms with E-state index in [9.17, 15) is 9.59 Å². The van der Waals surface area contributed by atoms with Gasteiger partial charge in [-0.1, -0.05) is 18.2 Å². The van der Waals surface area contributed by atoms with Crippen LogP contribution in [0.3, 0.4) is 0 Å². The van der Waals surface area contributed by atoms with Gasteiger partial charge >= 0.3 is 0 Å². The van der Waals surface area contributed by atoms with Crippen LogP contribution in [-0.2, 0) is 9.59 Å². The van der Waals surface area contributed by atoms with Crippen LogP contribution >= 0.6 is 11.6 Å². The highest BCUT2D eigenvalue weighted by atomic mass is 35.5. The van der Waals surface area contributed by atoms with Crippen molar-refractivity contribution in [3.8, 4) is 0 Å². The van der Waals surface area contributed by atoms with Gasteiger partial charge < -0.3 is 4.90 Å². The fourth-order valence-electron chi connectivity index (χ4n) is 2.03. The smallest absolute Gasteiger partial charge is 0.267 e. The first-order valence-electron chi connectivity index (χ1n) is 6.07. The van der Waals surface area contributed by atoms with Crippen molar-refractivity contribution in [1.29, 1.82) is 0 Å². The second kappa shape index (κ2) is 6.49. The first kappa shape index (κ1) is 14.5. The first-order valence-corrected chi connectivity index (χ1v) is 6.61. The zero-order chi connectivity index (χ0) is 14.5. The van der Waals surface area contributed by atoms with Gasteiger partial charge in [-0.3, -0.25) is 19.8 Å². The molecule has 106 valence electrons. The summed E-state index contributed by atoms with van der Waals surface area (Å²) < 4.78 is 0. The van der Waals surface area contributed by atoms with Gasteiger partial charge in [0.1, 0.15) is 0 Å². The molecule has 1 aliphatic carbocycles. The minimum absolute atomic E-state index is 0.0331. The van der Waals surface area contributed by atoms with Gasteiger partial charge in [0, 0.05) is 18.5 Å². The van der Waals surface area contributed by atoms with Crippen LogP contribution in [-0.4, -0.2) is 46.7 Å². The number of hydrogen-bond acceptors (Lipinski definition) is 4. The predicted octanol–water partition coefficient (Wildman–Crippen LogP) is 0.638. The molecule has 0 saturated heterocycles. The van der Waals surface area contributed by atoms with Crippen molar-refractivity contribution in [3.63, 3.8) is 0 Å². The third kappa shape index (κ3) is 3.15. The summed E-state index contributed by atoms with van der Waals surface area (Å²) in [5.74, 6) is -0.613. The Hall–Kier alpha value is -1.92. The van der Waals surface area contributed by atoms with Gasteiger partial charge in [0.2, 0.25) is 5.91 Å². The number of hydrogen-bond donors (Lipinski definition) is 2. The number of fused-ring (bicyclic) bond motifs is 1. The van der Waals surface area contributed by atoms with Crippen molar-refractivity contribution in [3.05, 3.63) is 36.0 Å². The fourth-order valence-corrected chi connectivity index (χ4v) is 2.22. The summed E-state index contributed by atoms with van der Waals surface area (Å²) in [7, 11) is 0. The molecule has 1 heterocycles. The Morgan fingerprint density at radius 3 is 3.10 bits per heavy atom. The topological polar surface area (TPSA) is 82.0 Å². The number of rotatable bonds is 4. The molecule has 0 fully saturated rings. The van der Waals surface area contributed by atoms with Crippen LogP contribution in [0, 0.1) is 5.92 Å². The Balaban J connectivity index is 2.12. The summed E-state index contributed by atoms with van der Waals surface area (Å²) >= 11 is 5.63. The molecule has 0 aromatic rings. The Kier molecular flexibility index (Phi) is 4.70. The Morgan fingerprint density at radius 2 is 2.40 bits per heavy atom. The third-order valence-corrected chi connectivity index (χ3v) is 3.21. The minimum atomic E-state index is -0.613. The van der Waals surface area contributed by atoms with Gasteiger partial charge in [0.25, 0.3) is 5.91 Å². The lowest BCUT2D eigenvalue weighted by Crippen LogP contribution is -2.44. The molecule has 1 aliphatic heterocycles. The molecule has 0 aromatic carbocycles. The fraction of sp³-hybridized carbons (Fsp3) is 0.308. The molecule has 7 heteroatoms. The summed E-state index contributed by atoms with van der Waals surface area (Å²) in [6, 6.07) is -0.268. The van der Waals surface area contributed by atoms with Crippen LogP contribution in [0.1, 0.15) is 0 Å². The quantitative estimate of drug-likeness (QED) is 0.345. The van der Waals surface area contributed by atoms with Crippen molar-refractivity contribution in [2.24, 2.45) is 10.9 Å². The molecule has 2 unspecified atom stereocenters. The molecule has 2 atom stereocenters. The number of hydroxylamine groups is 1. The molecule has 2 amide bonds. The van der Waals surface area contributed by atoms with Gasteiger partial charge in [0.05, 0.1) is 18.3 Å². The molecule has 0 spiro atoms. The molecule has 0 aromatic heterocycles. The molecule has 2 rings (SSSR count). The molecule has 20 heavy (non-hydrogen) atoms. The van der Waals surface area contributed by atoms with Crippen LogP contribution in [0.15, 0.2) is 40.9 Å². The number of alkyl halides is 1. The van der Waals surface area contributed by atoms with Crippen LogP contribution in [0.2, 0.25) is 0 Å². The van der Waals surface area contributed by atoms with Crippen molar-refractivity contribution >= 4 is 29.8 Å². The standard InChI is InChI=1S/C13H14ClN3O3/c14-5-6-17-8-15-11-7-9(2-4-12(18)16-20)1-3-10(11)13(17)19/h1-4,7-8,10-11,20H,5-6H2,(H,16,18)/b4-2+.